The molecule has 5 nitrogen and oxygen atoms in total. The number of hydrogen-bond donors (Lipinski definition) is 3. The van der Waals surface area contributed by atoms with Gasteiger partial charge in [-0.1, -0.05) is 18.2 Å². The molecule has 2 aliphatic heterocycles. The Hall–Kier alpha value is -1.59. The van der Waals surface area contributed by atoms with Crippen molar-refractivity contribution in [3.63, 3.8) is 0 Å². The van der Waals surface area contributed by atoms with Crippen molar-refractivity contribution in [3.8, 4) is 0 Å². The van der Waals surface area contributed by atoms with Gasteiger partial charge >= 0.3 is 0 Å². The largest absolute Gasteiger partial charge is 0.386 e. The molecule has 0 aromatic heterocycles. The van der Waals surface area contributed by atoms with Crippen LogP contribution in [0.25, 0.3) is 0 Å². The SMILES string of the molecule is O=C(NCC1(O)CCOC1)C1CCNc2ccccc21. The molecule has 20 heavy (non-hydrogen) atoms. The summed E-state index contributed by atoms with van der Waals surface area (Å²) in [5, 5.41) is 16.4. The average Bonchev–Trinajstić information content (AvgIpc) is 2.91. The first-order valence-electron chi connectivity index (χ1n) is 7.09. The Balaban J connectivity index is 1.66. The predicted molar refractivity (Wildman–Crippen MR) is 75.7 cm³/mol. The highest BCUT2D eigenvalue weighted by atomic mass is 16.5. The number of carbonyl (C=O) groups excluding carboxylic acids is 1. The zero-order chi connectivity index (χ0) is 14.0. The number of nitrogens with one attached hydrogen (secondary N) is 2. The fourth-order valence-electron chi connectivity index (χ4n) is 2.85. The third kappa shape index (κ3) is 2.64. The molecule has 2 unspecified atom stereocenters. The molecule has 0 aliphatic carbocycles. The Morgan fingerprint density at radius 1 is 1.50 bits per heavy atom. The third-order valence-corrected chi connectivity index (χ3v) is 4.08. The van der Waals surface area contributed by atoms with Gasteiger partial charge in [0.05, 0.1) is 12.5 Å². The highest BCUT2D eigenvalue weighted by molar-refractivity contribution is 5.86. The smallest absolute Gasteiger partial charge is 0.227 e. The second kappa shape index (κ2) is 5.42. The van der Waals surface area contributed by atoms with Crippen LogP contribution in [0.2, 0.25) is 0 Å². The van der Waals surface area contributed by atoms with E-state index in [9.17, 15) is 9.90 Å². The van der Waals surface area contributed by atoms with E-state index in [0.717, 1.165) is 24.2 Å². The fourth-order valence-corrected chi connectivity index (χ4v) is 2.85. The summed E-state index contributed by atoms with van der Waals surface area (Å²) in [6.45, 7) is 1.92. The van der Waals surface area contributed by atoms with Crippen molar-refractivity contribution >= 4 is 11.6 Å². The first-order chi connectivity index (χ1) is 9.68. The third-order valence-electron chi connectivity index (χ3n) is 4.08. The minimum absolute atomic E-state index is 0.0146. The summed E-state index contributed by atoms with van der Waals surface area (Å²) in [6.07, 6.45) is 1.36. The Labute approximate surface area is 118 Å². The molecule has 2 atom stereocenters. The van der Waals surface area contributed by atoms with Crippen molar-refractivity contribution in [2.45, 2.75) is 24.4 Å². The standard InChI is InChI=1S/C15H20N2O3/c18-14(17-9-15(19)6-8-20-10-15)12-5-7-16-13-4-2-1-3-11(12)13/h1-4,12,16,19H,5-10H2,(H,17,18). The monoisotopic (exact) mass is 276 g/mol. The lowest BCUT2D eigenvalue weighted by atomic mass is 9.90. The lowest BCUT2D eigenvalue weighted by Gasteiger charge is -2.27. The summed E-state index contributed by atoms with van der Waals surface area (Å²) < 4.78 is 5.18. The minimum Gasteiger partial charge on any atom is -0.386 e. The first-order valence-corrected chi connectivity index (χ1v) is 7.09. The summed E-state index contributed by atoms with van der Waals surface area (Å²) >= 11 is 0. The van der Waals surface area contributed by atoms with Crippen LogP contribution in [0.3, 0.4) is 0 Å². The second-order valence-corrected chi connectivity index (χ2v) is 5.60. The predicted octanol–water partition coefficient (Wildman–Crippen LogP) is 0.853. The van der Waals surface area contributed by atoms with E-state index in [1.807, 2.05) is 24.3 Å². The van der Waals surface area contributed by atoms with Crippen LogP contribution in [-0.2, 0) is 9.53 Å². The maximum absolute atomic E-state index is 12.4. The number of amides is 1. The number of benzene rings is 1. The van der Waals surface area contributed by atoms with Crippen molar-refractivity contribution in [2.75, 3.05) is 31.6 Å². The van der Waals surface area contributed by atoms with Crippen LogP contribution in [0, 0.1) is 0 Å². The summed E-state index contributed by atoms with van der Waals surface area (Å²) in [5.41, 5.74) is 1.16. The summed E-state index contributed by atoms with van der Waals surface area (Å²) in [7, 11) is 0. The Kier molecular flexibility index (Phi) is 3.63. The zero-order valence-electron chi connectivity index (χ0n) is 11.4. The lowest BCUT2D eigenvalue weighted by Crippen LogP contribution is -2.45. The fraction of sp³-hybridized carbons (Fsp3) is 0.533. The summed E-state index contributed by atoms with van der Waals surface area (Å²) in [4.78, 5) is 12.4. The van der Waals surface area contributed by atoms with Gasteiger partial charge in [0.2, 0.25) is 5.91 Å². The Bertz CT molecular complexity index is 498. The number of para-hydroxylation sites is 1. The van der Waals surface area contributed by atoms with Gasteiger partial charge in [0.25, 0.3) is 0 Å². The average molecular weight is 276 g/mol. The Morgan fingerprint density at radius 3 is 3.15 bits per heavy atom. The van der Waals surface area contributed by atoms with Crippen molar-refractivity contribution in [1.29, 1.82) is 0 Å². The van der Waals surface area contributed by atoms with E-state index in [-0.39, 0.29) is 18.4 Å². The Morgan fingerprint density at radius 2 is 2.35 bits per heavy atom. The maximum atomic E-state index is 12.4. The van der Waals surface area contributed by atoms with E-state index in [0.29, 0.717) is 19.6 Å². The normalized spacial score (nSPS) is 28.6. The summed E-state index contributed by atoms with van der Waals surface area (Å²) in [5.74, 6) is -0.155. The molecule has 1 saturated heterocycles. The van der Waals surface area contributed by atoms with Gasteiger partial charge in [0.1, 0.15) is 5.60 Å². The zero-order valence-corrected chi connectivity index (χ0v) is 11.4. The van der Waals surface area contributed by atoms with Crippen LogP contribution in [-0.4, -0.2) is 42.9 Å². The van der Waals surface area contributed by atoms with Gasteiger partial charge in [-0.15, -0.1) is 0 Å². The molecule has 2 heterocycles. The summed E-state index contributed by atoms with van der Waals surface area (Å²) in [6, 6.07) is 7.89. The molecule has 2 aliphatic rings. The number of aliphatic hydroxyl groups is 1. The van der Waals surface area contributed by atoms with Crippen molar-refractivity contribution in [3.05, 3.63) is 29.8 Å². The molecule has 1 amide bonds. The van der Waals surface area contributed by atoms with Crippen molar-refractivity contribution in [2.24, 2.45) is 0 Å². The molecule has 0 spiro atoms. The molecule has 1 aromatic carbocycles. The van der Waals surface area contributed by atoms with Gasteiger partial charge in [-0.2, -0.15) is 0 Å². The molecular formula is C15H20N2O3. The molecule has 1 fully saturated rings. The highest BCUT2D eigenvalue weighted by Gasteiger charge is 2.34. The molecule has 108 valence electrons. The number of fused-ring (bicyclic) bond motifs is 1. The number of rotatable bonds is 3. The maximum Gasteiger partial charge on any atom is 0.227 e. The molecule has 3 N–H and O–H groups in total. The molecule has 1 aromatic rings. The van der Waals surface area contributed by atoms with Crippen LogP contribution in [0.1, 0.15) is 24.3 Å². The van der Waals surface area contributed by atoms with E-state index in [4.69, 9.17) is 4.74 Å². The molecule has 5 heteroatoms. The number of ether oxygens (including phenoxy) is 1. The van der Waals surface area contributed by atoms with E-state index in [1.54, 1.807) is 0 Å². The van der Waals surface area contributed by atoms with E-state index in [1.165, 1.54) is 0 Å². The molecule has 0 saturated carbocycles. The van der Waals surface area contributed by atoms with Crippen molar-refractivity contribution < 1.29 is 14.6 Å². The van der Waals surface area contributed by atoms with Gasteiger partial charge in [-0.05, 0) is 18.1 Å². The number of carbonyl (C=O) groups is 1. The van der Waals surface area contributed by atoms with Crippen LogP contribution in [0.15, 0.2) is 24.3 Å². The second-order valence-electron chi connectivity index (χ2n) is 5.60. The topological polar surface area (TPSA) is 70.6 Å². The molecule has 0 bridgehead atoms. The molecule has 0 radical (unpaired) electrons. The number of anilines is 1. The van der Waals surface area contributed by atoms with Crippen molar-refractivity contribution in [1.82, 2.24) is 5.32 Å². The van der Waals surface area contributed by atoms with Crippen LogP contribution >= 0.6 is 0 Å². The molecular weight excluding hydrogens is 256 g/mol. The van der Waals surface area contributed by atoms with Crippen LogP contribution in [0.5, 0.6) is 0 Å². The lowest BCUT2D eigenvalue weighted by molar-refractivity contribution is -0.124. The van der Waals surface area contributed by atoms with Gasteiger partial charge in [0.15, 0.2) is 0 Å². The molecule has 3 rings (SSSR count). The quantitative estimate of drug-likeness (QED) is 0.765. The van der Waals surface area contributed by atoms with E-state index >= 15 is 0 Å². The van der Waals surface area contributed by atoms with Gasteiger partial charge in [0, 0.05) is 31.8 Å². The van der Waals surface area contributed by atoms with E-state index < -0.39 is 5.60 Å². The van der Waals surface area contributed by atoms with Gasteiger partial charge in [-0.25, -0.2) is 0 Å². The van der Waals surface area contributed by atoms with Gasteiger partial charge in [-0.3, -0.25) is 4.79 Å². The van der Waals surface area contributed by atoms with Crippen LogP contribution in [0.4, 0.5) is 5.69 Å². The highest BCUT2D eigenvalue weighted by Crippen LogP contribution is 2.31. The first kappa shape index (κ1) is 13.4. The van der Waals surface area contributed by atoms with E-state index in [2.05, 4.69) is 10.6 Å². The van der Waals surface area contributed by atoms with Crippen LogP contribution < -0.4 is 10.6 Å². The van der Waals surface area contributed by atoms with Gasteiger partial charge < -0.3 is 20.5 Å². The minimum atomic E-state index is -0.901. The number of hydrogen-bond acceptors (Lipinski definition) is 4.